The van der Waals surface area contributed by atoms with E-state index in [1.54, 1.807) is 0 Å². The second-order valence-corrected chi connectivity index (χ2v) is 6.17. The molecule has 1 aromatic heterocycles. The highest BCUT2D eigenvalue weighted by Crippen LogP contribution is 2.34. The Kier molecular flexibility index (Phi) is 4.36. The topological polar surface area (TPSA) is 60.2 Å². The van der Waals surface area contributed by atoms with Crippen LogP contribution in [0.2, 0.25) is 0 Å². The van der Waals surface area contributed by atoms with Crippen molar-refractivity contribution in [2.24, 2.45) is 0 Å². The van der Waals surface area contributed by atoms with Crippen molar-refractivity contribution in [3.63, 3.8) is 0 Å². The van der Waals surface area contributed by atoms with E-state index in [1.165, 1.54) is 12.8 Å². The number of ether oxygens (including phenoxy) is 1. The summed E-state index contributed by atoms with van der Waals surface area (Å²) in [5.74, 6) is 1.64. The highest BCUT2D eigenvalue weighted by atomic mass is 16.5. The van der Waals surface area contributed by atoms with Gasteiger partial charge in [0, 0.05) is 19.6 Å². The molecule has 0 saturated carbocycles. The van der Waals surface area contributed by atoms with Crippen molar-refractivity contribution in [2.75, 3.05) is 19.7 Å². The Balaban J connectivity index is 1.68. The molecule has 0 bridgehead atoms. The maximum Gasteiger partial charge on any atom is 0.234 e. The molecule has 2 fully saturated rings. The molecular weight excluding hydrogens is 254 g/mol. The van der Waals surface area contributed by atoms with Gasteiger partial charge in [0.15, 0.2) is 5.82 Å². The molecule has 2 saturated heterocycles. The Morgan fingerprint density at radius 1 is 1.40 bits per heavy atom. The van der Waals surface area contributed by atoms with Crippen molar-refractivity contribution in [2.45, 2.75) is 63.4 Å². The maximum absolute atomic E-state index is 5.76. The molecule has 2 unspecified atom stereocenters. The Hall–Kier alpha value is -0.940. The van der Waals surface area contributed by atoms with E-state index in [9.17, 15) is 0 Å². The molecule has 0 aliphatic carbocycles. The van der Waals surface area contributed by atoms with Crippen LogP contribution in [-0.2, 0) is 16.6 Å². The molecule has 2 atom stereocenters. The zero-order valence-electron chi connectivity index (χ0n) is 12.4. The van der Waals surface area contributed by atoms with Gasteiger partial charge in [0.2, 0.25) is 5.89 Å². The van der Waals surface area contributed by atoms with Crippen LogP contribution in [0.3, 0.4) is 0 Å². The number of hydrogen-bond acceptors (Lipinski definition) is 5. The zero-order chi connectivity index (χ0) is 13.8. The molecule has 0 spiro atoms. The SMILES string of the molecule is CCCC1(c2nc(CC3CCCCO3)no2)CCNC1. The van der Waals surface area contributed by atoms with Crippen LogP contribution in [0.4, 0.5) is 0 Å². The minimum Gasteiger partial charge on any atom is -0.378 e. The van der Waals surface area contributed by atoms with Crippen LogP contribution >= 0.6 is 0 Å². The van der Waals surface area contributed by atoms with Gasteiger partial charge in [-0.1, -0.05) is 18.5 Å². The molecule has 2 aliphatic heterocycles. The fourth-order valence-corrected chi connectivity index (χ4v) is 3.45. The van der Waals surface area contributed by atoms with Crippen molar-refractivity contribution < 1.29 is 9.26 Å². The first kappa shape index (κ1) is 14.0. The van der Waals surface area contributed by atoms with Crippen LogP contribution in [0.25, 0.3) is 0 Å². The van der Waals surface area contributed by atoms with Crippen LogP contribution in [0.15, 0.2) is 4.52 Å². The first-order chi connectivity index (χ1) is 9.82. The van der Waals surface area contributed by atoms with Gasteiger partial charge in [-0.2, -0.15) is 4.98 Å². The number of rotatable bonds is 5. The highest BCUT2D eigenvalue weighted by Gasteiger charge is 2.40. The lowest BCUT2D eigenvalue weighted by Crippen LogP contribution is -2.29. The van der Waals surface area contributed by atoms with Gasteiger partial charge in [-0.25, -0.2) is 0 Å². The fourth-order valence-electron chi connectivity index (χ4n) is 3.45. The first-order valence-electron chi connectivity index (χ1n) is 7.98. The molecule has 3 rings (SSSR count). The molecule has 20 heavy (non-hydrogen) atoms. The van der Waals surface area contributed by atoms with Crippen molar-refractivity contribution in [1.29, 1.82) is 0 Å². The summed E-state index contributed by atoms with van der Waals surface area (Å²) in [7, 11) is 0. The van der Waals surface area contributed by atoms with Gasteiger partial charge in [-0.3, -0.25) is 0 Å². The van der Waals surface area contributed by atoms with Crippen molar-refractivity contribution in [3.8, 4) is 0 Å². The normalized spacial score (nSPS) is 30.8. The van der Waals surface area contributed by atoms with E-state index in [4.69, 9.17) is 9.26 Å². The summed E-state index contributed by atoms with van der Waals surface area (Å²) in [5, 5.41) is 7.62. The molecule has 0 aromatic carbocycles. The van der Waals surface area contributed by atoms with E-state index < -0.39 is 0 Å². The van der Waals surface area contributed by atoms with Gasteiger partial charge in [-0.05, 0) is 38.6 Å². The van der Waals surface area contributed by atoms with Crippen molar-refractivity contribution in [1.82, 2.24) is 15.5 Å². The lowest BCUT2D eigenvalue weighted by Gasteiger charge is -2.22. The standard InChI is InChI=1S/C15H25N3O2/c1-2-6-15(7-8-16-11-15)14-17-13(18-20-14)10-12-5-3-4-9-19-12/h12,16H,2-11H2,1H3. The lowest BCUT2D eigenvalue weighted by molar-refractivity contribution is 0.0153. The Morgan fingerprint density at radius 3 is 3.05 bits per heavy atom. The molecule has 3 heterocycles. The highest BCUT2D eigenvalue weighted by molar-refractivity contribution is 5.10. The molecule has 5 nitrogen and oxygen atoms in total. The molecule has 1 N–H and O–H groups in total. The fraction of sp³-hybridized carbons (Fsp3) is 0.867. The summed E-state index contributed by atoms with van der Waals surface area (Å²) in [6.07, 6.45) is 7.97. The van der Waals surface area contributed by atoms with Gasteiger partial charge in [0.1, 0.15) is 0 Å². The quantitative estimate of drug-likeness (QED) is 0.895. The van der Waals surface area contributed by atoms with Crippen LogP contribution in [-0.4, -0.2) is 35.9 Å². The van der Waals surface area contributed by atoms with E-state index in [2.05, 4.69) is 22.4 Å². The van der Waals surface area contributed by atoms with E-state index in [1.807, 2.05) is 0 Å². The van der Waals surface area contributed by atoms with Crippen molar-refractivity contribution in [3.05, 3.63) is 11.7 Å². The van der Waals surface area contributed by atoms with Crippen LogP contribution in [0.5, 0.6) is 0 Å². The number of hydrogen-bond donors (Lipinski definition) is 1. The summed E-state index contributed by atoms with van der Waals surface area (Å²) in [6.45, 7) is 5.10. The van der Waals surface area contributed by atoms with E-state index in [-0.39, 0.29) is 11.5 Å². The maximum atomic E-state index is 5.76. The van der Waals surface area contributed by atoms with Gasteiger partial charge in [-0.15, -0.1) is 0 Å². The van der Waals surface area contributed by atoms with Crippen LogP contribution in [0.1, 0.15) is 57.2 Å². The molecule has 0 radical (unpaired) electrons. The predicted molar refractivity (Wildman–Crippen MR) is 75.7 cm³/mol. The average Bonchev–Trinajstić information content (AvgIpc) is 3.10. The minimum atomic E-state index is 0.0629. The Labute approximate surface area is 120 Å². The van der Waals surface area contributed by atoms with Crippen molar-refractivity contribution >= 4 is 0 Å². The van der Waals surface area contributed by atoms with E-state index >= 15 is 0 Å². The summed E-state index contributed by atoms with van der Waals surface area (Å²) in [6, 6.07) is 0. The minimum absolute atomic E-state index is 0.0629. The predicted octanol–water partition coefficient (Wildman–Crippen LogP) is 2.21. The summed E-state index contributed by atoms with van der Waals surface area (Å²) < 4.78 is 11.3. The summed E-state index contributed by atoms with van der Waals surface area (Å²) in [5.41, 5.74) is 0.0629. The Bertz CT molecular complexity index is 421. The molecule has 5 heteroatoms. The third-order valence-electron chi connectivity index (χ3n) is 4.58. The summed E-state index contributed by atoms with van der Waals surface area (Å²) in [4.78, 5) is 4.68. The van der Waals surface area contributed by atoms with Gasteiger partial charge < -0.3 is 14.6 Å². The van der Waals surface area contributed by atoms with Gasteiger partial charge >= 0.3 is 0 Å². The second-order valence-electron chi connectivity index (χ2n) is 6.17. The average molecular weight is 279 g/mol. The third-order valence-corrected chi connectivity index (χ3v) is 4.58. The molecule has 1 aromatic rings. The number of nitrogens with one attached hydrogen (secondary N) is 1. The van der Waals surface area contributed by atoms with Gasteiger partial charge in [0.25, 0.3) is 0 Å². The number of nitrogens with zero attached hydrogens (tertiary/aromatic N) is 2. The summed E-state index contributed by atoms with van der Waals surface area (Å²) >= 11 is 0. The third kappa shape index (κ3) is 2.88. The van der Waals surface area contributed by atoms with Crippen LogP contribution in [0, 0.1) is 0 Å². The van der Waals surface area contributed by atoms with E-state index in [0.717, 1.165) is 63.5 Å². The molecule has 0 amide bonds. The van der Waals surface area contributed by atoms with E-state index in [0.29, 0.717) is 0 Å². The largest absolute Gasteiger partial charge is 0.378 e. The number of aromatic nitrogens is 2. The van der Waals surface area contributed by atoms with Gasteiger partial charge in [0.05, 0.1) is 11.5 Å². The Morgan fingerprint density at radius 2 is 2.35 bits per heavy atom. The van der Waals surface area contributed by atoms with Crippen LogP contribution < -0.4 is 5.32 Å². The molecule has 2 aliphatic rings. The lowest BCUT2D eigenvalue weighted by atomic mass is 9.82. The monoisotopic (exact) mass is 279 g/mol. The zero-order valence-corrected chi connectivity index (χ0v) is 12.4. The molecular formula is C15H25N3O2. The second kappa shape index (κ2) is 6.22. The smallest absolute Gasteiger partial charge is 0.234 e. The molecule has 112 valence electrons. The first-order valence-corrected chi connectivity index (χ1v) is 7.98.